The van der Waals surface area contributed by atoms with Crippen molar-refractivity contribution in [1.29, 1.82) is 0 Å². The zero-order chi connectivity index (χ0) is 33.5. The van der Waals surface area contributed by atoms with E-state index in [9.17, 15) is 14.0 Å². The third kappa shape index (κ3) is 5.55. The molecule has 3 aromatic heterocycles. The Morgan fingerprint density at radius 3 is 2.42 bits per heavy atom. The van der Waals surface area contributed by atoms with Crippen LogP contribution in [0.2, 0.25) is 0 Å². The molecule has 0 radical (unpaired) electrons. The van der Waals surface area contributed by atoms with Gasteiger partial charge < -0.3 is 10.6 Å². The van der Waals surface area contributed by atoms with E-state index in [1.54, 1.807) is 13.8 Å². The second-order valence-corrected chi connectivity index (χ2v) is 10.0. The van der Waals surface area contributed by atoms with Crippen LogP contribution in [0.15, 0.2) is 72.0 Å². The van der Waals surface area contributed by atoms with Crippen molar-refractivity contribution in [3.63, 3.8) is 0 Å². The van der Waals surface area contributed by atoms with Gasteiger partial charge in [-0.05, 0) is 55.3 Å². The molecule has 2 aromatic carbocycles. The first kappa shape index (κ1) is 25.2. The Bertz CT molecular complexity index is 2100. The molecule has 0 aliphatic carbocycles. The molecule has 3 heterocycles. The van der Waals surface area contributed by atoms with Crippen LogP contribution in [0, 0.1) is 24.0 Å². The molecule has 43 heavy (non-hydrogen) atoms. The second kappa shape index (κ2) is 11.4. The van der Waals surface area contributed by atoms with Crippen LogP contribution in [-0.2, 0) is 13.4 Å². The smallest absolute Gasteiger partial charge is 0.241 e. The van der Waals surface area contributed by atoms with Crippen LogP contribution < -0.4 is 11.2 Å². The average Bonchev–Trinajstić information content (AvgIpc) is 3.51. The summed E-state index contributed by atoms with van der Waals surface area (Å²) in [6, 6.07) is 7.63. The fourth-order valence-corrected chi connectivity index (χ4v) is 4.73. The molecule has 216 valence electrons. The van der Waals surface area contributed by atoms with Gasteiger partial charge in [0.2, 0.25) is 5.82 Å². The maximum Gasteiger partial charge on any atom is 0.241 e. The standard InChI is InChI=1S/C32H25F3N6O2/c1-17(2)41-16-25(30(43)29(32(41)37-3)18-5-7-22(33)8-6-18)28(42)11-19-10-27(35)23(12-26(19)34)24-9-20(13-38-31(24)36)21-14-39-40(4)15-21/h5-10,12-17H,11H2,1-2,4H3,(H2,36,38)/i4D3. The van der Waals surface area contributed by atoms with E-state index >= 15 is 8.78 Å². The zero-order valence-corrected chi connectivity index (χ0v) is 22.9. The number of halogens is 3. The number of anilines is 1. The first-order valence-corrected chi connectivity index (χ1v) is 12.9. The van der Waals surface area contributed by atoms with Crippen LogP contribution in [0.3, 0.4) is 0 Å². The molecular formula is C32H25F3N6O2. The number of carbonyl (C=O) groups excluding carboxylic acids is 1. The minimum atomic E-state index is -2.52. The van der Waals surface area contributed by atoms with Gasteiger partial charge in [0.25, 0.3) is 0 Å². The third-order valence-electron chi connectivity index (χ3n) is 6.92. The number of aromatic nitrogens is 4. The number of ketones is 1. The van der Waals surface area contributed by atoms with E-state index in [1.165, 1.54) is 47.6 Å². The van der Waals surface area contributed by atoms with Gasteiger partial charge in [-0.15, -0.1) is 0 Å². The summed E-state index contributed by atoms with van der Waals surface area (Å²) >= 11 is 0. The molecule has 0 saturated heterocycles. The van der Waals surface area contributed by atoms with E-state index in [1.807, 2.05) is 0 Å². The second-order valence-electron chi connectivity index (χ2n) is 10.0. The average molecular weight is 586 g/mol. The molecule has 0 bridgehead atoms. The summed E-state index contributed by atoms with van der Waals surface area (Å²) in [5.41, 5.74) is 5.10. The fourth-order valence-electron chi connectivity index (χ4n) is 4.73. The zero-order valence-electron chi connectivity index (χ0n) is 25.9. The van der Waals surface area contributed by atoms with Crippen LogP contribution in [0.4, 0.5) is 24.8 Å². The number of carbonyl (C=O) groups is 1. The van der Waals surface area contributed by atoms with Crippen molar-refractivity contribution in [2.24, 2.45) is 6.98 Å². The van der Waals surface area contributed by atoms with Gasteiger partial charge in [-0.2, -0.15) is 5.10 Å². The van der Waals surface area contributed by atoms with Crippen molar-refractivity contribution in [3.8, 4) is 33.4 Å². The molecule has 0 aliphatic heterocycles. The Morgan fingerprint density at radius 2 is 1.77 bits per heavy atom. The highest BCUT2D eigenvalue weighted by Gasteiger charge is 2.25. The molecule has 0 atom stereocenters. The molecule has 2 N–H and O–H groups in total. The number of aryl methyl sites for hydroxylation is 1. The molecule has 8 nitrogen and oxygen atoms in total. The number of benzene rings is 2. The number of pyridine rings is 2. The summed E-state index contributed by atoms with van der Waals surface area (Å²) in [4.78, 5) is 34.6. The van der Waals surface area contributed by atoms with Crippen LogP contribution in [0.25, 0.3) is 38.2 Å². The van der Waals surface area contributed by atoms with Crippen LogP contribution in [0.1, 0.15) is 39.9 Å². The summed E-state index contributed by atoms with van der Waals surface area (Å²) in [5, 5.41) is 3.82. The van der Waals surface area contributed by atoms with E-state index in [2.05, 4.69) is 14.9 Å². The lowest BCUT2D eigenvalue weighted by Gasteiger charge is -2.16. The van der Waals surface area contributed by atoms with E-state index in [-0.39, 0.29) is 51.1 Å². The summed E-state index contributed by atoms with van der Waals surface area (Å²) < 4.78 is 69.3. The van der Waals surface area contributed by atoms with Crippen molar-refractivity contribution in [1.82, 2.24) is 19.3 Å². The maximum absolute atomic E-state index is 15.5. The van der Waals surface area contributed by atoms with Gasteiger partial charge >= 0.3 is 0 Å². The van der Waals surface area contributed by atoms with Gasteiger partial charge in [0.1, 0.15) is 28.8 Å². The number of nitrogens with two attached hydrogens (primary N) is 1. The van der Waals surface area contributed by atoms with Crippen LogP contribution >= 0.6 is 0 Å². The van der Waals surface area contributed by atoms with Gasteiger partial charge in [-0.1, -0.05) is 18.7 Å². The van der Waals surface area contributed by atoms with Crippen LogP contribution in [-0.4, -0.2) is 25.1 Å². The highest BCUT2D eigenvalue weighted by molar-refractivity contribution is 5.99. The van der Waals surface area contributed by atoms with E-state index in [4.69, 9.17) is 16.4 Å². The Kier molecular flexibility index (Phi) is 6.69. The number of nitrogen functional groups attached to an aromatic ring is 1. The molecule has 0 fully saturated rings. The number of rotatable bonds is 7. The largest absolute Gasteiger partial charge is 0.383 e. The number of hydrogen-bond donors (Lipinski definition) is 1. The fraction of sp³-hybridized carbons (Fsp3) is 0.156. The molecule has 11 heteroatoms. The van der Waals surface area contributed by atoms with Crippen molar-refractivity contribution in [2.45, 2.75) is 26.3 Å². The van der Waals surface area contributed by atoms with Gasteiger partial charge in [-0.3, -0.25) is 18.8 Å². The van der Waals surface area contributed by atoms with Crippen LogP contribution in [0.5, 0.6) is 0 Å². The van der Waals surface area contributed by atoms with Crippen molar-refractivity contribution in [3.05, 3.63) is 117 Å². The Hall–Kier alpha value is -5.50. The number of hydrogen-bond acceptors (Lipinski definition) is 5. The lowest BCUT2D eigenvalue weighted by atomic mass is 9.96. The number of Topliss-reactive ketones (excluding diaryl/α,β-unsaturated/α-hetero) is 1. The highest BCUT2D eigenvalue weighted by atomic mass is 19.1. The first-order valence-electron chi connectivity index (χ1n) is 14.4. The molecule has 0 unspecified atom stereocenters. The topological polar surface area (TPSA) is 100 Å². The maximum atomic E-state index is 15.5. The van der Waals surface area contributed by atoms with Gasteiger partial charge in [0, 0.05) is 52.2 Å². The molecule has 5 aromatic rings. The predicted octanol–water partition coefficient (Wildman–Crippen LogP) is 6.53. The summed E-state index contributed by atoms with van der Waals surface area (Å²) in [6.45, 7) is 8.65. The monoisotopic (exact) mass is 585 g/mol. The lowest BCUT2D eigenvalue weighted by molar-refractivity contribution is 0.0990. The molecule has 0 spiro atoms. The number of nitrogens with zero attached hydrogens (tertiary/aromatic N) is 5. The highest BCUT2D eigenvalue weighted by Crippen LogP contribution is 2.34. The minimum absolute atomic E-state index is 0.0203. The van der Waals surface area contributed by atoms with E-state index in [0.29, 0.717) is 11.1 Å². The molecule has 5 rings (SSSR count). The van der Waals surface area contributed by atoms with Gasteiger partial charge in [0.15, 0.2) is 11.2 Å². The Labute approximate surface area is 248 Å². The van der Waals surface area contributed by atoms with Crippen molar-refractivity contribution in [2.75, 3.05) is 5.73 Å². The molecule has 0 amide bonds. The molecular weight excluding hydrogens is 557 g/mol. The Balaban J connectivity index is 1.53. The van der Waals surface area contributed by atoms with Gasteiger partial charge in [0.05, 0.1) is 24.0 Å². The van der Waals surface area contributed by atoms with Crippen molar-refractivity contribution < 1.29 is 22.1 Å². The van der Waals surface area contributed by atoms with E-state index < -0.39 is 42.1 Å². The normalized spacial score (nSPS) is 12.4. The summed E-state index contributed by atoms with van der Waals surface area (Å²) in [7, 11) is 0. The summed E-state index contributed by atoms with van der Waals surface area (Å²) in [6.07, 6.45) is 4.43. The van der Waals surface area contributed by atoms with E-state index in [0.717, 1.165) is 28.9 Å². The SMILES string of the molecule is [2H]C([2H])([2H])n1cc(-c2cnc(N)c(-c3cc(F)c(CC(=O)c4cn(C(C)C)c([N+]#[C-])c(-c5ccc(F)cc5)c4=O)cc3F)c2)cn1. The first-order chi connectivity index (χ1) is 21.7. The third-order valence-corrected chi connectivity index (χ3v) is 6.92. The molecule has 0 saturated carbocycles. The predicted molar refractivity (Wildman–Crippen MR) is 157 cm³/mol. The van der Waals surface area contributed by atoms with Gasteiger partial charge in [-0.25, -0.2) is 18.2 Å². The summed E-state index contributed by atoms with van der Waals surface area (Å²) in [5.74, 6) is -3.44. The van der Waals surface area contributed by atoms with Crippen molar-refractivity contribution >= 4 is 17.4 Å². The quantitative estimate of drug-likeness (QED) is 0.173. The minimum Gasteiger partial charge on any atom is -0.383 e. The molecule has 0 aliphatic rings. The Morgan fingerprint density at radius 1 is 1.02 bits per heavy atom. The lowest BCUT2D eigenvalue weighted by Crippen LogP contribution is -2.22.